The van der Waals surface area contributed by atoms with Gasteiger partial charge in [-0.2, -0.15) is 0 Å². The molecule has 0 atom stereocenters. The first-order valence-corrected chi connectivity index (χ1v) is 8.84. The Kier molecular flexibility index (Phi) is 6.16. The van der Waals surface area contributed by atoms with Crippen molar-refractivity contribution in [1.82, 2.24) is 10.2 Å². The number of alkyl carbamates (subject to hydrolysis) is 1. The summed E-state index contributed by atoms with van der Waals surface area (Å²) in [4.78, 5) is 26.1. The number of hydrogen-bond acceptors (Lipinski definition) is 4. The minimum absolute atomic E-state index is 0.0800. The minimum atomic E-state index is -0.502. The van der Waals surface area contributed by atoms with Gasteiger partial charge in [0.05, 0.1) is 10.6 Å². The molecule has 2 amide bonds. The molecule has 1 heterocycles. The van der Waals surface area contributed by atoms with Gasteiger partial charge in [-0.3, -0.25) is 4.79 Å². The number of nitrogens with zero attached hydrogens (tertiary/aromatic N) is 1. The maximum absolute atomic E-state index is 12.6. The fraction of sp³-hybridized carbons (Fsp3) is 0.556. The number of anilines is 1. The van der Waals surface area contributed by atoms with Crippen LogP contribution >= 0.6 is 11.6 Å². The van der Waals surface area contributed by atoms with E-state index in [0.29, 0.717) is 41.8 Å². The number of amides is 2. The fourth-order valence-electron chi connectivity index (χ4n) is 2.76. The third-order valence-corrected chi connectivity index (χ3v) is 4.37. The predicted octanol–water partition coefficient (Wildman–Crippen LogP) is 3.30. The van der Waals surface area contributed by atoms with E-state index in [1.807, 2.05) is 20.8 Å². The van der Waals surface area contributed by atoms with Crippen LogP contribution in [0.4, 0.5) is 10.5 Å². The van der Waals surface area contributed by atoms with E-state index < -0.39 is 11.7 Å². The molecule has 0 unspecified atom stereocenters. The van der Waals surface area contributed by atoms with Crippen LogP contribution in [0, 0.1) is 5.92 Å². The predicted molar refractivity (Wildman–Crippen MR) is 98.7 cm³/mol. The van der Waals surface area contributed by atoms with Crippen molar-refractivity contribution >= 4 is 29.3 Å². The zero-order valence-electron chi connectivity index (χ0n) is 15.0. The summed E-state index contributed by atoms with van der Waals surface area (Å²) in [5.74, 6) is 0.252. The molecule has 7 heteroatoms. The van der Waals surface area contributed by atoms with Crippen molar-refractivity contribution in [3.8, 4) is 0 Å². The third kappa shape index (κ3) is 5.81. The third-order valence-electron chi connectivity index (χ3n) is 4.06. The second-order valence-electron chi connectivity index (χ2n) is 7.36. The Morgan fingerprint density at radius 3 is 2.52 bits per heavy atom. The Balaban J connectivity index is 1.81. The van der Waals surface area contributed by atoms with E-state index in [0.717, 1.165) is 12.8 Å². The fourth-order valence-corrected chi connectivity index (χ4v) is 3.03. The van der Waals surface area contributed by atoms with Gasteiger partial charge in [0.15, 0.2) is 0 Å². The molecule has 3 N–H and O–H groups in total. The van der Waals surface area contributed by atoms with Crippen LogP contribution in [-0.2, 0) is 4.74 Å². The molecule has 25 heavy (non-hydrogen) atoms. The number of benzene rings is 1. The number of nitrogens with two attached hydrogens (primary N) is 1. The highest BCUT2D eigenvalue weighted by molar-refractivity contribution is 6.34. The summed E-state index contributed by atoms with van der Waals surface area (Å²) in [5.41, 5.74) is 6.17. The number of likely N-dealkylation sites (tertiary alicyclic amines) is 1. The zero-order chi connectivity index (χ0) is 18.6. The smallest absolute Gasteiger partial charge is 0.407 e. The Hall–Kier alpha value is -1.95. The maximum Gasteiger partial charge on any atom is 0.407 e. The lowest BCUT2D eigenvalue weighted by Gasteiger charge is -2.32. The summed E-state index contributed by atoms with van der Waals surface area (Å²) in [6, 6.07) is 4.93. The molecule has 1 aromatic carbocycles. The van der Waals surface area contributed by atoms with Crippen molar-refractivity contribution in [2.24, 2.45) is 5.92 Å². The molecular formula is C18H26ClN3O3. The van der Waals surface area contributed by atoms with Crippen molar-refractivity contribution < 1.29 is 14.3 Å². The number of carbonyl (C=O) groups excluding carboxylic acids is 2. The second kappa shape index (κ2) is 7.95. The Labute approximate surface area is 153 Å². The molecule has 6 nitrogen and oxygen atoms in total. The van der Waals surface area contributed by atoms with Crippen LogP contribution in [0.15, 0.2) is 18.2 Å². The molecule has 0 saturated carbocycles. The van der Waals surface area contributed by atoms with Crippen LogP contribution in [0.3, 0.4) is 0 Å². The van der Waals surface area contributed by atoms with Crippen molar-refractivity contribution in [2.45, 2.75) is 39.2 Å². The molecule has 1 aliphatic rings. The van der Waals surface area contributed by atoms with E-state index >= 15 is 0 Å². The average Bonchev–Trinajstić information content (AvgIpc) is 2.51. The van der Waals surface area contributed by atoms with Gasteiger partial charge in [0, 0.05) is 25.3 Å². The van der Waals surface area contributed by atoms with E-state index in [4.69, 9.17) is 22.1 Å². The molecule has 1 saturated heterocycles. The van der Waals surface area contributed by atoms with Gasteiger partial charge in [-0.1, -0.05) is 11.6 Å². The van der Waals surface area contributed by atoms with E-state index in [1.165, 1.54) is 0 Å². The van der Waals surface area contributed by atoms with E-state index in [-0.39, 0.29) is 5.91 Å². The molecule has 138 valence electrons. The summed E-state index contributed by atoms with van der Waals surface area (Å²) in [6.07, 6.45) is 1.25. The molecule has 0 aliphatic carbocycles. The van der Waals surface area contributed by atoms with Crippen LogP contribution in [0.1, 0.15) is 44.0 Å². The number of nitrogen functional groups attached to an aromatic ring is 1. The highest BCUT2D eigenvalue weighted by atomic mass is 35.5. The molecule has 0 spiro atoms. The molecule has 0 radical (unpaired) electrons. The van der Waals surface area contributed by atoms with Crippen molar-refractivity contribution in [2.75, 3.05) is 25.4 Å². The summed E-state index contributed by atoms with van der Waals surface area (Å²) in [7, 11) is 0. The topological polar surface area (TPSA) is 84.7 Å². The van der Waals surface area contributed by atoms with Crippen LogP contribution in [0.2, 0.25) is 5.02 Å². The van der Waals surface area contributed by atoms with Crippen LogP contribution in [-0.4, -0.2) is 42.1 Å². The number of rotatable bonds is 3. The van der Waals surface area contributed by atoms with Gasteiger partial charge in [-0.15, -0.1) is 0 Å². The van der Waals surface area contributed by atoms with Gasteiger partial charge in [-0.05, 0) is 57.7 Å². The van der Waals surface area contributed by atoms with Gasteiger partial charge in [0.25, 0.3) is 5.91 Å². The summed E-state index contributed by atoms with van der Waals surface area (Å²) in [5, 5.41) is 3.17. The number of carbonyl (C=O) groups is 2. The zero-order valence-corrected chi connectivity index (χ0v) is 15.7. The van der Waals surface area contributed by atoms with Crippen LogP contribution in [0.25, 0.3) is 0 Å². The lowest BCUT2D eigenvalue weighted by molar-refractivity contribution is 0.0500. The Morgan fingerprint density at radius 2 is 1.96 bits per heavy atom. The largest absolute Gasteiger partial charge is 0.444 e. The highest BCUT2D eigenvalue weighted by Gasteiger charge is 2.25. The van der Waals surface area contributed by atoms with Gasteiger partial charge < -0.3 is 20.7 Å². The standard InChI is InChI=1S/C18H26ClN3O3/c1-18(2,3)25-17(24)21-11-12-6-8-22(9-7-12)16(23)14-5-4-13(20)10-15(14)19/h4-5,10,12H,6-9,11,20H2,1-3H3,(H,21,24). The molecule has 0 aromatic heterocycles. The Morgan fingerprint density at radius 1 is 1.32 bits per heavy atom. The number of ether oxygens (including phenoxy) is 1. The number of nitrogens with one attached hydrogen (secondary N) is 1. The number of piperidine rings is 1. The summed E-state index contributed by atoms with van der Waals surface area (Å²) in [6.45, 7) is 7.33. The van der Waals surface area contributed by atoms with Crippen molar-refractivity contribution in [1.29, 1.82) is 0 Å². The van der Waals surface area contributed by atoms with Crippen LogP contribution in [0.5, 0.6) is 0 Å². The first kappa shape index (κ1) is 19.4. The molecule has 2 rings (SSSR count). The Bertz CT molecular complexity index is 635. The first-order chi connectivity index (χ1) is 11.7. The average molecular weight is 368 g/mol. The van der Waals surface area contributed by atoms with E-state index in [1.54, 1.807) is 23.1 Å². The number of hydrogen-bond donors (Lipinski definition) is 2. The highest BCUT2D eigenvalue weighted by Crippen LogP contribution is 2.24. The van der Waals surface area contributed by atoms with Gasteiger partial charge in [0.2, 0.25) is 0 Å². The molecular weight excluding hydrogens is 342 g/mol. The SMILES string of the molecule is CC(C)(C)OC(=O)NCC1CCN(C(=O)c2ccc(N)cc2Cl)CC1. The second-order valence-corrected chi connectivity index (χ2v) is 7.76. The normalized spacial score (nSPS) is 15.8. The van der Waals surface area contributed by atoms with Crippen LogP contribution < -0.4 is 11.1 Å². The minimum Gasteiger partial charge on any atom is -0.444 e. The van der Waals surface area contributed by atoms with Gasteiger partial charge >= 0.3 is 6.09 Å². The van der Waals surface area contributed by atoms with Gasteiger partial charge in [-0.25, -0.2) is 4.79 Å². The number of halogens is 1. The molecule has 1 fully saturated rings. The lowest BCUT2D eigenvalue weighted by atomic mass is 9.96. The van der Waals surface area contributed by atoms with Gasteiger partial charge in [0.1, 0.15) is 5.60 Å². The molecule has 1 aliphatic heterocycles. The summed E-state index contributed by atoms with van der Waals surface area (Å²) < 4.78 is 5.23. The van der Waals surface area contributed by atoms with Crippen molar-refractivity contribution in [3.63, 3.8) is 0 Å². The first-order valence-electron chi connectivity index (χ1n) is 8.47. The van der Waals surface area contributed by atoms with Crippen molar-refractivity contribution in [3.05, 3.63) is 28.8 Å². The quantitative estimate of drug-likeness (QED) is 0.803. The lowest BCUT2D eigenvalue weighted by Crippen LogP contribution is -2.42. The van der Waals surface area contributed by atoms with E-state index in [9.17, 15) is 9.59 Å². The molecule has 0 bridgehead atoms. The maximum atomic E-state index is 12.6. The monoisotopic (exact) mass is 367 g/mol. The van der Waals surface area contributed by atoms with E-state index in [2.05, 4.69) is 5.32 Å². The summed E-state index contributed by atoms with van der Waals surface area (Å²) >= 11 is 6.12. The molecule has 1 aromatic rings.